The van der Waals surface area contributed by atoms with E-state index in [4.69, 9.17) is 4.74 Å². The van der Waals surface area contributed by atoms with E-state index in [1.54, 1.807) is 25.1 Å². The first-order chi connectivity index (χ1) is 14.2. The highest BCUT2D eigenvalue weighted by Crippen LogP contribution is 2.20. The predicted octanol–water partition coefficient (Wildman–Crippen LogP) is 4.15. The van der Waals surface area contributed by atoms with Gasteiger partial charge in [-0.1, -0.05) is 37.3 Å². The van der Waals surface area contributed by atoms with E-state index in [2.05, 4.69) is 5.32 Å². The van der Waals surface area contributed by atoms with Gasteiger partial charge in [-0.25, -0.2) is 4.39 Å². The molecule has 30 heavy (non-hydrogen) atoms. The molecule has 162 valence electrons. The van der Waals surface area contributed by atoms with Crippen LogP contribution in [0.5, 0.6) is 5.75 Å². The summed E-state index contributed by atoms with van der Waals surface area (Å²) in [6, 6.07) is 11.2. The minimum absolute atomic E-state index is 0.0171. The SMILES string of the molecule is CC[C@@H](C)NC(=O)[C@@H](C)N(Cc1ccccc1F)C(=O)COc1cc(C)ccc1C. The zero-order valence-electron chi connectivity index (χ0n) is 18.4. The van der Waals surface area contributed by atoms with Crippen LogP contribution in [0.2, 0.25) is 0 Å². The molecule has 0 saturated carbocycles. The van der Waals surface area contributed by atoms with Crippen molar-refractivity contribution in [3.8, 4) is 5.75 Å². The van der Waals surface area contributed by atoms with Gasteiger partial charge in [-0.3, -0.25) is 9.59 Å². The van der Waals surface area contributed by atoms with Crippen molar-refractivity contribution in [1.82, 2.24) is 10.2 Å². The number of hydrogen-bond donors (Lipinski definition) is 1. The molecule has 2 amide bonds. The molecule has 2 aromatic rings. The number of benzene rings is 2. The molecule has 0 spiro atoms. The molecular formula is C24H31FN2O3. The fourth-order valence-corrected chi connectivity index (χ4v) is 2.94. The number of halogens is 1. The van der Waals surface area contributed by atoms with Crippen LogP contribution in [0.3, 0.4) is 0 Å². The molecule has 0 unspecified atom stereocenters. The monoisotopic (exact) mass is 414 g/mol. The molecule has 0 radical (unpaired) electrons. The summed E-state index contributed by atoms with van der Waals surface area (Å²) in [7, 11) is 0. The third-order valence-corrected chi connectivity index (χ3v) is 5.16. The summed E-state index contributed by atoms with van der Waals surface area (Å²) in [6.07, 6.45) is 0.773. The molecule has 0 aliphatic rings. The summed E-state index contributed by atoms with van der Waals surface area (Å²) in [5.41, 5.74) is 2.28. The maximum atomic E-state index is 14.2. The van der Waals surface area contributed by atoms with Crippen LogP contribution in [0.4, 0.5) is 4.39 Å². The van der Waals surface area contributed by atoms with Crippen molar-refractivity contribution in [1.29, 1.82) is 0 Å². The Morgan fingerprint density at radius 2 is 1.83 bits per heavy atom. The summed E-state index contributed by atoms with van der Waals surface area (Å²) in [5.74, 6) is -0.460. The molecule has 6 heteroatoms. The van der Waals surface area contributed by atoms with Crippen LogP contribution in [0, 0.1) is 19.7 Å². The van der Waals surface area contributed by atoms with Gasteiger partial charge in [0.2, 0.25) is 5.91 Å². The second-order valence-corrected chi connectivity index (χ2v) is 7.66. The van der Waals surface area contributed by atoms with Crippen molar-refractivity contribution in [2.45, 2.75) is 59.7 Å². The number of carbonyl (C=O) groups excluding carboxylic acids is 2. The topological polar surface area (TPSA) is 58.6 Å². The fourth-order valence-electron chi connectivity index (χ4n) is 2.94. The predicted molar refractivity (Wildman–Crippen MR) is 116 cm³/mol. The Bertz CT molecular complexity index is 885. The first-order valence-electron chi connectivity index (χ1n) is 10.3. The highest BCUT2D eigenvalue weighted by atomic mass is 19.1. The van der Waals surface area contributed by atoms with E-state index in [1.807, 2.05) is 45.9 Å². The van der Waals surface area contributed by atoms with Gasteiger partial charge in [0, 0.05) is 18.2 Å². The maximum absolute atomic E-state index is 14.2. The summed E-state index contributed by atoms with van der Waals surface area (Å²) < 4.78 is 20.0. The summed E-state index contributed by atoms with van der Waals surface area (Å²) in [6.45, 7) is 9.11. The Balaban J connectivity index is 2.20. The lowest BCUT2D eigenvalue weighted by Crippen LogP contribution is -2.50. The number of aryl methyl sites for hydroxylation is 2. The van der Waals surface area contributed by atoms with Crippen molar-refractivity contribution in [3.05, 3.63) is 65.0 Å². The van der Waals surface area contributed by atoms with Crippen LogP contribution >= 0.6 is 0 Å². The largest absolute Gasteiger partial charge is 0.483 e. The van der Waals surface area contributed by atoms with Gasteiger partial charge < -0.3 is 15.0 Å². The third kappa shape index (κ3) is 6.31. The van der Waals surface area contributed by atoms with Crippen molar-refractivity contribution in [2.24, 2.45) is 0 Å². The highest BCUT2D eigenvalue weighted by Gasteiger charge is 2.28. The molecule has 2 rings (SSSR count). The van der Waals surface area contributed by atoms with E-state index in [9.17, 15) is 14.0 Å². The molecular weight excluding hydrogens is 383 g/mol. The van der Waals surface area contributed by atoms with Crippen molar-refractivity contribution in [2.75, 3.05) is 6.61 Å². The summed E-state index contributed by atoms with van der Waals surface area (Å²) in [4.78, 5) is 27.1. The van der Waals surface area contributed by atoms with Crippen LogP contribution < -0.4 is 10.1 Å². The van der Waals surface area contributed by atoms with E-state index in [0.29, 0.717) is 11.3 Å². The van der Waals surface area contributed by atoms with Gasteiger partial charge in [-0.15, -0.1) is 0 Å². The molecule has 0 saturated heterocycles. The Hall–Kier alpha value is -2.89. The first-order valence-corrected chi connectivity index (χ1v) is 10.3. The zero-order chi connectivity index (χ0) is 22.3. The van der Waals surface area contributed by atoms with Gasteiger partial charge in [0.1, 0.15) is 17.6 Å². The Morgan fingerprint density at radius 3 is 2.50 bits per heavy atom. The quantitative estimate of drug-likeness (QED) is 0.671. The second-order valence-electron chi connectivity index (χ2n) is 7.66. The second kappa shape index (κ2) is 10.8. The number of hydrogen-bond acceptors (Lipinski definition) is 3. The number of nitrogens with one attached hydrogen (secondary N) is 1. The van der Waals surface area contributed by atoms with Crippen LogP contribution in [0.15, 0.2) is 42.5 Å². The minimum Gasteiger partial charge on any atom is -0.483 e. The van der Waals surface area contributed by atoms with E-state index >= 15 is 0 Å². The van der Waals surface area contributed by atoms with Crippen molar-refractivity contribution >= 4 is 11.8 Å². The highest BCUT2D eigenvalue weighted by molar-refractivity contribution is 5.88. The Labute approximate surface area is 178 Å². The Kier molecular flexibility index (Phi) is 8.39. The molecule has 0 aliphatic carbocycles. The first kappa shape index (κ1) is 23.4. The van der Waals surface area contributed by atoms with Gasteiger partial charge in [-0.05, 0) is 57.4 Å². The van der Waals surface area contributed by atoms with Gasteiger partial charge in [-0.2, -0.15) is 0 Å². The minimum atomic E-state index is -0.770. The van der Waals surface area contributed by atoms with Crippen molar-refractivity contribution < 1.29 is 18.7 Å². The lowest BCUT2D eigenvalue weighted by Gasteiger charge is -2.29. The molecule has 1 N–H and O–H groups in total. The maximum Gasteiger partial charge on any atom is 0.261 e. The lowest BCUT2D eigenvalue weighted by atomic mass is 10.1. The van der Waals surface area contributed by atoms with E-state index < -0.39 is 11.9 Å². The number of carbonyl (C=O) groups is 2. The molecule has 0 aromatic heterocycles. The van der Waals surface area contributed by atoms with E-state index in [0.717, 1.165) is 17.5 Å². The summed E-state index contributed by atoms with van der Waals surface area (Å²) in [5, 5.41) is 2.89. The average molecular weight is 415 g/mol. The molecule has 0 aliphatic heterocycles. The molecule has 0 heterocycles. The lowest BCUT2D eigenvalue weighted by molar-refractivity contribution is -0.142. The third-order valence-electron chi connectivity index (χ3n) is 5.16. The normalized spacial score (nSPS) is 12.7. The average Bonchev–Trinajstić information content (AvgIpc) is 2.72. The molecule has 5 nitrogen and oxygen atoms in total. The van der Waals surface area contributed by atoms with Gasteiger partial charge in [0.05, 0.1) is 0 Å². The molecule has 2 aromatic carbocycles. The van der Waals surface area contributed by atoms with Crippen molar-refractivity contribution in [3.63, 3.8) is 0 Å². The number of amides is 2. The van der Waals surface area contributed by atoms with E-state index in [-0.39, 0.29) is 31.0 Å². The van der Waals surface area contributed by atoms with Crippen LogP contribution in [0.25, 0.3) is 0 Å². The molecule has 2 atom stereocenters. The van der Waals surface area contributed by atoms with Gasteiger partial charge in [0.15, 0.2) is 6.61 Å². The fraction of sp³-hybridized carbons (Fsp3) is 0.417. The number of nitrogens with zero attached hydrogens (tertiary/aromatic N) is 1. The van der Waals surface area contributed by atoms with Gasteiger partial charge >= 0.3 is 0 Å². The number of ether oxygens (including phenoxy) is 1. The van der Waals surface area contributed by atoms with Crippen LogP contribution in [-0.4, -0.2) is 35.4 Å². The smallest absolute Gasteiger partial charge is 0.261 e. The van der Waals surface area contributed by atoms with Gasteiger partial charge in [0.25, 0.3) is 5.91 Å². The summed E-state index contributed by atoms with van der Waals surface area (Å²) >= 11 is 0. The molecule has 0 fully saturated rings. The number of rotatable bonds is 9. The standard InChI is InChI=1S/C24H31FN2O3/c1-6-18(4)26-24(29)19(5)27(14-20-9-7-8-10-21(20)25)23(28)15-30-22-13-16(2)11-12-17(22)3/h7-13,18-19H,6,14-15H2,1-5H3,(H,26,29)/t18-,19-/m1/s1. The zero-order valence-corrected chi connectivity index (χ0v) is 18.4. The van der Waals surface area contributed by atoms with Crippen LogP contribution in [0.1, 0.15) is 43.9 Å². The van der Waals surface area contributed by atoms with E-state index in [1.165, 1.54) is 11.0 Å². The van der Waals surface area contributed by atoms with Crippen LogP contribution in [-0.2, 0) is 16.1 Å². The Morgan fingerprint density at radius 1 is 1.13 bits per heavy atom. The molecule has 0 bridgehead atoms.